The first kappa shape index (κ1) is 12.3. The molecule has 2 rings (SSSR count). The minimum Gasteiger partial charge on any atom is -0.383 e. The molecule has 0 fully saturated rings. The minimum absolute atomic E-state index is 0.0652. The normalized spacial score (nSPS) is 11.1. The Labute approximate surface area is 111 Å². The van der Waals surface area contributed by atoms with Crippen molar-refractivity contribution in [1.82, 2.24) is 9.97 Å². The zero-order valence-electron chi connectivity index (χ0n) is 9.45. The topological polar surface area (TPSA) is 71.8 Å². The number of H-pyrrole nitrogens is 1. The highest BCUT2D eigenvalue weighted by Crippen LogP contribution is 2.29. The van der Waals surface area contributed by atoms with Gasteiger partial charge in [0.05, 0.1) is 14.2 Å². The summed E-state index contributed by atoms with van der Waals surface area (Å²) in [4.78, 5) is 19.8. The van der Waals surface area contributed by atoms with Gasteiger partial charge in [0.15, 0.2) is 5.82 Å². The fraction of sp³-hybridized carbons (Fsp3) is 0.273. The summed E-state index contributed by atoms with van der Waals surface area (Å²) < 4.78 is 0.988. The van der Waals surface area contributed by atoms with Crippen LogP contribution in [0.15, 0.2) is 20.7 Å². The monoisotopic (exact) mass is 313 g/mol. The third-order valence-corrected chi connectivity index (χ3v) is 4.00. The van der Waals surface area contributed by atoms with Crippen LogP contribution in [0.25, 0.3) is 10.7 Å². The van der Waals surface area contributed by atoms with Crippen molar-refractivity contribution >= 4 is 33.1 Å². The molecule has 0 atom stereocenters. The van der Waals surface area contributed by atoms with Crippen LogP contribution >= 0.6 is 27.3 Å². The van der Waals surface area contributed by atoms with Gasteiger partial charge in [-0.1, -0.05) is 13.8 Å². The van der Waals surface area contributed by atoms with Crippen LogP contribution in [0.4, 0.5) is 5.82 Å². The maximum absolute atomic E-state index is 11.9. The Morgan fingerprint density at radius 1 is 1.47 bits per heavy atom. The van der Waals surface area contributed by atoms with E-state index in [0.29, 0.717) is 17.2 Å². The van der Waals surface area contributed by atoms with Gasteiger partial charge in [-0.2, -0.15) is 0 Å². The van der Waals surface area contributed by atoms with Gasteiger partial charge >= 0.3 is 0 Å². The summed E-state index contributed by atoms with van der Waals surface area (Å²) in [6, 6.07) is 3.80. The van der Waals surface area contributed by atoms with E-state index < -0.39 is 0 Å². The Bertz CT molecular complexity index is 603. The fourth-order valence-electron chi connectivity index (χ4n) is 1.62. The van der Waals surface area contributed by atoms with Gasteiger partial charge in [-0.3, -0.25) is 4.79 Å². The average Bonchev–Trinajstić information content (AvgIpc) is 2.63. The van der Waals surface area contributed by atoms with E-state index in [-0.39, 0.29) is 11.5 Å². The average molecular weight is 314 g/mol. The van der Waals surface area contributed by atoms with Crippen molar-refractivity contribution in [1.29, 1.82) is 0 Å². The van der Waals surface area contributed by atoms with Crippen LogP contribution in [0, 0.1) is 0 Å². The van der Waals surface area contributed by atoms with E-state index in [4.69, 9.17) is 5.73 Å². The van der Waals surface area contributed by atoms with Gasteiger partial charge < -0.3 is 10.7 Å². The zero-order valence-corrected chi connectivity index (χ0v) is 11.9. The largest absolute Gasteiger partial charge is 0.383 e. The van der Waals surface area contributed by atoms with Gasteiger partial charge in [0.25, 0.3) is 5.56 Å². The number of rotatable bonds is 2. The van der Waals surface area contributed by atoms with Crippen LogP contribution in [-0.2, 0) is 0 Å². The first-order valence-electron chi connectivity index (χ1n) is 5.14. The smallest absolute Gasteiger partial charge is 0.256 e. The molecule has 0 saturated carbocycles. The summed E-state index contributed by atoms with van der Waals surface area (Å²) in [5.74, 6) is 0.895. The molecular formula is C11H12BrN3OS. The molecule has 0 radical (unpaired) electrons. The summed E-state index contributed by atoms with van der Waals surface area (Å²) in [6.07, 6.45) is 0. The molecule has 2 aromatic heterocycles. The molecule has 3 N–H and O–H groups in total. The highest BCUT2D eigenvalue weighted by molar-refractivity contribution is 9.11. The number of hydrogen-bond acceptors (Lipinski definition) is 4. The predicted octanol–water partition coefficient (Wildman–Crippen LogP) is 2.97. The number of anilines is 1. The first-order valence-corrected chi connectivity index (χ1v) is 6.75. The molecule has 0 aliphatic carbocycles. The summed E-state index contributed by atoms with van der Waals surface area (Å²) >= 11 is 4.87. The van der Waals surface area contributed by atoms with E-state index in [9.17, 15) is 4.79 Å². The van der Waals surface area contributed by atoms with E-state index in [1.54, 1.807) is 0 Å². The van der Waals surface area contributed by atoms with Crippen molar-refractivity contribution < 1.29 is 0 Å². The molecule has 6 heteroatoms. The Morgan fingerprint density at radius 2 is 2.18 bits per heavy atom. The Kier molecular flexibility index (Phi) is 3.35. The van der Waals surface area contributed by atoms with E-state index in [1.165, 1.54) is 11.3 Å². The van der Waals surface area contributed by atoms with Crippen LogP contribution in [-0.4, -0.2) is 9.97 Å². The lowest BCUT2D eigenvalue weighted by atomic mass is 10.1. The van der Waals surface area contributed by atoms with Gasteiger partial charge in [0.2, 0.25) is 0 Å². The molecule has 17 heavy (non-hydrogen) atoms. The summed E-state index contributed by atoms with van der Waals surface area (Å²) in [5.41, 5.74) is 6.21. The number of aromatic amines is 1. The molecule has 2 aromatic rings. The van der Waals surface area contributed by atoms with Crippen LogP contribution in [0.3, 0.4) is 0 Å². The van der Waals surface area contributed by atoms with Gasteiger partial charge in [-0.05, 0) is 34.0 Å². The number of aromatic nitrogens is 2. The molecule has 4 nitrogen and oxygen atoms in total. The standard InChI is InChI=1S/C11H12BrN3OS/c1-5(2)8-9(13)14-10(15-11(8)16)6-3-4-7(12)17-6/h3-5H,1-2H3,(H3,13,14,15,16). The Hall–Kier alpha value is -1.14. The number of hydrogen-bond donors (Lipinski definition) is 2. The molecule has 2 heterocycles. The van der Waals surface area contributed by atoms with Crippen LogP contribution < -0.4 is 11.3 Å². The lowest BCUT2D eigenvalue weighted by Gasteiger charge is -2.08. The summed E-state index contributed by atoms with van der Waals surface area (Å²) in [5, 5.41) is 0. The summed E-state index contributed by atoms with van der Waals surface area (Å²) in [6.45, 7) is 3.84. The van der Waals surface area contributed by atoms with Crippen LogP contribution in [0.1, 0.15) is 25.3 Å². The van der Waals surface area contributed by atoms with Crippen molar-refractivity contribution in [3.8, 4) is 10.7 Å². The van der Waals surface area contributed by atoms with Crippen molar-refractivity contribution in [3.63, 3.8) is 0 Å². The Morgan fingerprint density at radius 3 is 2.65 bits per heavy atom. The Balaban J connectivity index is 2.57. The lowest BCUT2D eigenvalue weighted by molar-refractivity contribution is 0.837. The van der Waals surface area contributed by atoms with E-state index >= 15 is 0 Å². The molecule has 0 bridgehead atoms. The maximum atomic E-state index is 11.9. The minimum atomic E-state index is -0.160. The van der Waals surface area contributed by atoms with E-state index in [0.717, 1.165) is 8.66 Å². The number of thiophene rings is 1. The number of nitrogens with zero attached hydrogens (tertiary/aromatic N) is 1. The van der Waals surface area contributed by atoms with Gasteiger partial charge in [0, 0.05) is 0 Å². The molecule has 0 spiro atoms. The second kappa shape index (κ2) is 4.62. The molecule has 0 aliphatic heterocycles. The maximum Gasteiger partial charge on any atom is 0.256 e. The number of nitrogens with two attached hydrogens (primary N) is 1. The quantitative estimate of drug-likeness (QED) is 0.895. The van der Waals surface area contributed by atoms with Crippen molar-refractivity contribution in [2.45, 2.75) is 19.8 Å². The van der Waals surface area contributed by atoms with Crippen molar-refractivity contribution in [2.24, 2.45) is 0 Å². The lowest BCUT2D eigenvalue weighted by Crippen LogP contribution is -2.19. The number of nitrogens with one attached hydrogen (secondary N) is 1. The molecule has 0 unspecified atom stereocenters. The second-order valence-corrected chi connectivity index (χ2v) is 6.43. The van der Waals surface area contributed by atoms with E-state index in [1.807, 2.05) is 26.0 Å². The van der Waals surface area contributed by atoms with Gasteiger partial charge in [-0.15, -0.1) is 11.3 Å². The molecule has 0 saturated heterocycles. The van der Waals surface area contributed by atoms with Crippen molar-refractivity contribution in [2.75, 3.05) is 5.73 Å². The van der Waals surface area contributed by atoms with Gasteiger partial charge in [0.1, 0.15) is 5.82 Å². The highest BCUT2D eigenvalue weighted by atomic mass is 79.9. The molecular weight excluding hydrogens is 302 g/mol. The van der Waals surface area contributed by atoms with Crippen LogP contribution in [0.5, 0.6) is 0 Å². The third-order valence-electron chi connectivity index (χ3n) is 2.37. The SMILES string of the molecule is CC(C)c1c(N)nc(-c2ccc(Br)s2)[nH]c1=O. The number of nitrogen functional groups attached to an aromatic ring is 1. The van der Waals surface area contributed by atoms with Gasteiger partial charge in [-0.25, -0.2) is 4.98 Å². The molecule has 0 amide bonds. The molecule has 0 aromatic carbocycles. The zero-order chi connectivity index (χ0) is 12.6. The highest BCUT2D eigenvalue weighted by Gasteiger charge is 2.13. The second-order valence-electron chi connectivity index (χ2n) is 3.97. The molecule has 0 aliphatic rings. The molecule has 90 valence electrons. The fourth-order valence-corrected chi connectivity index (χ4v) is 2.95. The van der Waals surface area contributed by atoms with Crippen molar-refractivity contribution in [3.05, 3.63) is 31.8 Å². The number of halogens is 1. The first-order chi connectivity index (χ1) is 7.99. The summed E-state index contributed by atoms with van der Waals surface area (Å²) in [7, 11) is 0. The predicted molar refractivity (Wildman–Crippen MR) is 74.4 cm³/mol. The van der Waals surface area contributed by atoms with E-state index in [2.05, 4.69) is 25.9 Å². The third kappa shape index (κ3) is 2.42. The van der Waals surface area contributed by atoms with Crippen LogP contribution in [0.2, 0.25) is 0 Å².